The lowest BCUT2D eigenvalue weighted by Gasteiger charge is -2.30. The Balaban J connectivity index is 1.70. The summed E-state index contributed by atoms with van der Waals surface area (Å²) in [5.41, 5.74) is 0. The summed E-state index contributed by atoms with van der Waals surface area (Å²) in [6.07, 6.45) is 6.04. The standard InChI is InChI=1S/C14H20N6O/c1-10(2)6-12-18-13(21-19-12)11-4-3-5-20(7-11)14-16-8-15-9-17-14/h8-11H,3-7H2,1-2H3. The highest BCUT2D eigenvalue weighted by Crippen LogP contribution is 2.27. The molecule has 1 aliphatic heterocycles. The van der Waals surface area contributed by atoms with Gasteiger partial charge < -0.3 is 9.42 Å². The van der Waals surface area contributed by atoms with Gasteiger partial charge in [0.15, 0.2) is 5.82 Å². The second-order valence-electron chi connectivity index (χ2n) is 5.87. The zero-order valence-electron chi connectivity index (χ0n) is 12.4. The predicted octanol–water partition coefficient (Wildman–Crippen LogP) is 1.84. The van der Waals surface area contributed by atoms with Crippen molar-refractivity contribution in [2.45, 2.75) is 39.0 Å². The van der Waals surface area contributed by atoms with Crippen molar-refractivity contribution in [3.63, 3.8) is 0 Å². The molecule has 2 aromatic heterocycles. The first-order valence-electron chi connectivity index (χ1n) is 7.42. The van der Waals surface area contributed by atoms with E-state index in [4.69, 9.17) is 4.52 Å². The van der Waals surface area contributed by atoms with E-state index in [2.05, 4.69) is 43.8 Å². The van der Waals surface area contributed by atoms with Crippen LogP contribution in [-0.4, -0.2) is 38.2 Å². The molecular formula is C14H20N6O. The van der Waals surface area contributed by atoms with Crippen molar-refractivity contribution < 1.29 is 4.52 Å². The van der Waals surface area contributed by atoms with Crippen LogP contribution in [0.15, 0.2) is 17.2 Å². The molecule has 1 fully saturated rings. The summed E-state index contributed by atoms with van der Waals surface area (Å²) in [6, 6.07) is 0. The summed E-state index contributed by atoms with van der Waals surface area (Å²) in [7, 11) is 0. The van der Waals surface area contributed by atoms with Crippen LogP contribution in [0, 0.1) is 5.92 Å². The Bertz CT molecular complexity index is 570. The monoisotopic (exact) mass is 288 g/mol. The average Bonchev–Trinajstić information content (AvgIpc) is 2.96. The van der Waals surface area contributed by atoms with Crippen molar-refractivity contribution in [3.05, 3.63) is 24.4 Å². The van der Waals surface area contributed by atoms with Gasteiger partial charge in [-0.05, 0) is 18.8 Å². The molecule has 0 N–H and O–H groups in total. The lowest BCUT2D eigenvalue weighted by atomic mass is 9.98. The zero-order valence-corrected chi connectivity index (χ0v) is 12.4. The van der Waals surface area contributed by atoms with Crippen molar-refractivity contribution in [2.75, 3.05) is 18.0 Å². The number of rotatable bonds is 4. The maximum Gasteiger partial charge on any atom is 0.231 e. The van der Waals surface area contributed by atoms with Crippen LogP contribution in [-0.2, 0) is 6.42 Å². The number of anilines is 1. The smallest absolute Gasteiger partial charge is 0.231 e. The molecule has 0 aliphatic carbocycles. The lowest BCUT2D eigenvalue weighted by Crippen LogP contribution is -2.35. The summed E-state index contributed by atoms with van der Waals surface area (Å²) in [5, 5.41) is 4.08. The Labute approximate surface area is 123 Å². The number of hydrogen-bond acceptors (Lipinski definition) is 7. The SMILES string of the molecule is CC(C)Cc1noc(C2CCCN(c3ncncn3)C2)n1. The molecule has 0 aromatic carbocycles. The molecule has 1 aliphatic rings. The highest BCUT2D eigenvalue weighted by molar-refractivity contribution is 5.29. The number of piperidine rings is 1. The summed E-state index contributed by atoms with van der Waals surface area (Å²) in [5.74, 6) is 3.05. The highest BCUT2D eigenvalue weighted by atomic mass is 16.5. The van der Waals surface area contributed by atoms with Crippen LogP contribution in [0.5, 0.6) is 0 Å². The molecule has 1 unspecified atom stereocenters. The Morgan fingerprint density at radius 3 is 2.90 bits per heavy atom. The number of aromatic nitrogens is 5. The first-order chi connectivity index (χ1) is 10.2. The van der Waals surface area contributed by atoms with Crippen molar-refractivity contribution in [3.8, 4) is 0 Å². The minimum absolute atomic E-state index is 0.254. The van der Waals surface area contributed by atoms with Crippen LogP contribution < -0.4 is 4.90 Å². The van der Waals surface area contributed by atoms with Crippen LogP contribution in [0.3, 0.4) is 0 Å². The Kier molecular flexibility index (Phi) is 4.08. The van der Waals surface area contributed by atoms with E-state index < -0.39 is 0 Å². The first-order valence-corrected chi connectivity index (χ1v) is 7.42. The largest absolute Gasteiger partial charge is 0.340 e. The van der Waals surface area contributed by atoms with Gasteiger partial charge in [-0.3, -0.25) is 0 Å². The van der Waals surface area contributed by atoms with E-state index in [1.54, 1.807) is 0 Å². The molecule has 0 radical (unpaired) electrons. The maximum atomic E-state index is 5.45. The zero-order chi connectivity index (χ0) is 14.7. The minimum Gasteiger partial charge on any atom is -0.340 e. The molecule has 3 heterocycles. The molecule has 3 rings (SSSR count). The van der Waals surface area contributed by atoms with Crippen molar-refractivity contribution in [1.82, 2.24) is 25.1 Å². The molecule has 112 valence electrons. The third-order valence-corrected chi connectivity index (χ3v) is 3.61. The fraction of sp³-hybridized carbons (Fsp3) is 0.643. The van der Waals surface area contributed by atoms with Gasteiger partial charge in [-0.25, -0.2) is 15.0 Å². The molecule has 0 amide bonds. The topological polar surface area (TPSA) is 80.8 Å². The molecular weight excluding hydrogens is 268 g/mol. The molecule has 7 heteroatoms. The van der Waals surface area contributed by atoms with Crippen LogP contribution in [0.1, 0.15) is 44.3 Å². The fourth-order valence-electron chi connectivity index (χ4n) is 2.64. The van der Waals surface area contributed by atoms with Gasteiger partial charge in [0.05, 0.1) is 5.92 Å². The predicted molar refractivity (Wildman–Crippen MR) is 76.9 cm³/mol. The molecule has 21 heavy (non-hydrogen) atoms. The van der Waals surface area contributed by atoms with E-state index in [9.17, 15) is 0 Å². The molecule has 0 bridgehead atoms. The molecule has 0 spiro atoms. The average molecular weight is 288 g/mol. The highest BCUT2D eigenvalue weighted by Gasteiger charge is 2.27. The van der Waals surface area contributed by atoms with Crippen LogP contribution in [0.25, 0.3) is 0 Å². The van der Waals surface area contributed by atoms with Gasteiger partial charge in [-0.2, -0.15) is 4.98 Å². The van der Waals surface area contributed by atoms with E-state index in [1.807, 2.05) is 0 Å². The van der Waals surface area contributed by atoms with Crippen LogP contribution >= 0.6 is 0 Å². The summed E-state index contributed by atoms with van der Waals surface area (Å²) in [4.78, 5) is 19.0. The van der Waals surface area contributed by atoms with E-state index in [1.165, 1.54) is 12.7 Å². The third kappa shape index (κ3) is 3.34. The van der Waals surface area contributed by atoms with Gasteiger partial charge in [-0.15, -0.1) is 0 Å². The van der Waals surface area contributed by atoms with Gasteiger partial charge >= 0.3 is 0 Å². The van der Waals surface area contributed by atoms with E-state index in [-0.39, 0.29) is 5.92 Å². The molecule has 1 atom stereocenters. The van der Waals surface area contributed by atoms with E-state index in [0.29, 0.717) is 5.92 Å². The first kappa shape index (κ1) is 13.9. The van der Waals surface area contributed by atoms with Gasteiger partial charge in [0, 0.05) is 19.5 Å². The van der Waals surface area contributed by atoms with Crippen LogP contribution in [0.4, 0.5) is 5.95 Å². The maximum absolute atomic E-state index is 5.45. The summed E-state index contributed by atoms with van der Waals surface area (Å²) in [6.45, 7) is 6.07. The Morgan fingerprint density at radius 2 is 2.14 bits per heavy atom. The van der Waals surface area contributed by atoms with Crippen molar-refractivity contribution >= 4 is 5.95 Å². The van der Waals surface area contributed by atoms with Crippen LogP contribution in [0.2, 0.25) is 0 Å². The second kappa shape index (κ2) is 6.15. The lowest BCUT2D eigenvalue weighted by molar-refractivity contribution is 0.329. The number of hydrogen-bond donors (Lipinski definition) is 0. The van der Waals surface area contributed by atoms with Gasteiger partial charge in [-0.1, -0.05) is 19.0 Å². The fourth-order valence-corrected chi connectivity index (χ4v) is 2.64. The summed E-state index contributed by atoms with van der Waals surface area (Å²) >= 11 is 0. The van der Waals surface area contributed by atoms with Gasteiger partial charge in [0.1, 0.15) is 12.7 Å². The second-order valence-corrected chi connectivity index (χ2v) is 5.87. The van der Waals surface area contributed by atoms with Crippen molar-refractivity contribution in [1.29, 1.82) is 0 Å². The van der Waals surface area contributed by atoms with E-state index in [0.717, 1.165) is 50.0 Å². The molecule has 7 nitrogen and oxygen atoms in total. The Morgan fingerprint density at radius 1 is 1.33 bits per heavy atom. The van der Waals surface area contributed by atoms with Gasteiger partial charge in [0.25, 0.3) is 0 Å². The summed E-state index contributed by atoms with van der Waals surface area (Å²) < 4.78 is 5.45. The van der Waals surface area contributed by atoms with E-state index >= 15 is 0 Å². The third-order valence-electron chi connectivity index (χ3n) is 3.61. The molecule has 0 saturated carbocycles. The Hall–Kier alpha value is -2.05. The molecule has 2 aromatic rings. The quantitative estimate of drug-likeness (QED) is 0.849. The van der Waals surface area contributed by atoms with Gasteiger partial charge in [0.2, 0.25) is 11.8 Å². The molecule has 1 saturated heterocycles. The number of nitrogens with zero attached hydrogens (tertiary/aromatic N) is 6. The normalized spacial score (nSPS) is 19.2. The van der Waals surface area contributed by atoms with Crippen molar-refractivity contribution in [2.24, 2.45) is 5.92 Å². The minimum atomic E-state index is 0.254.